The highest BCUT2D eigenvalue weighted by Crippen LogP contribution is 2.22. The van der Waals surface area contributed by atoms with Crippen molar-refractivity contribution in [3.63, 3.8) is 0 Å². The monoisotopic (exact) mass is 286 g/mol. The molecule has 0 spiro atoms. The van der Waals surface area contributed by atoms with E-state index in [4.69, 9.17) is 4.74 Å². The maximum atomic E-state index is 12.1. The van der Waals surface area contributed by atoms with Crippen LogP contribution in [0.4, 0.5) is 13.2 Å². The second kappa shape index (κ2) is 8.73. The molecule has 0 heterocycles. The fourth-order valence-electron chi connectivity index (χ4n) is 0.958. The zero-order chi connectivity index (χ0) is 14.9. The molecule has 0 bridgehead atoms. The van der Waals surface area contributed by atoms with E-state index in [9.17, 15) is 22.8 Å². The molecule has 112 valence electrons. The maximum Gasteiger partial charge on any atom is 0.425 e. The van der Waals surface area contributed by atoms with Gasteiger partial charge in [-0.15, -0.1) is 0 Å². The Kier molecular flexibility index (Phi) is 8.13. The number of carbonyl (C=O) groups is 2. The van der Waals surface area contributed by atoms with Gasteiger partial charge in [0.1, 0.15) is 6.61 Å². The highest BCUT2D eigenvalue weighted by molar-refractivity contribution is 5.77. The summed E-state index contributed by atoms with van der Waals surface area (Å²) in [6, 6.07) is 0. The third-order valence-electron chi connectivity index (χ3n) is 2.00. The summed E-state index contributed by atoms with van der Waals surface area (Å²) in [6.07, 6.45) is -7.56. The van der Waals surface area contributed by atoms with E-state index in [2.05, 4.69) is 9.47 Å². The quantitative estimate of drug-likeness (QED) is 0.503. The molecule has 0 rings (SSSR count). The Morgan fingerprint density at radius 1 is 1.11 bits per heavy atom. The summed E-state index contributed by atoms with van der Waals surface area (Å²) in [7, 11) is 0. The van der Waals surface area contributed by atoms with E-state index in [1.54, 1.807) is 6.92 Å². The third kappa shape index (κ3) is 9.29. The molecule has 0 N–H and O–H groups in total. The van der Waals surface area contributed by atoms with Gasteiger partial charge in [-0.3, -0.25) is 9.59 Å². The van der Waals surface area contributed by atoms with Gasteiger partial charge in [0.05, 0.1) is 19.4 Å². The average molecular weight is 286 g/mol. The molecule has 0 aliphatic carbocycles. The van der Waals surface area contributed by atoms with Crippen molar-refractivity contribution in [3.05, 3.63) is 0 Å². The number of carbonyl (C=O) groups excluding carboxylic acids is 2. The third-order valence-corrected chi connectivity index (χ3v) is 2.00. The summed E-state index contributed by atoms with van der Waals surface area (Å²) in [5.41, 5.74) is 0. The second-order valence-electron chi connectivity index (χ2n) is 3.59. The Labute approximate surface area is 109 Å². The molecular weight excluding hydrogens is 269 g/mol. The standard InChI is InChI=1S/C11H17F3O5/c1-3-17-6-7-18-9(15)4-5-10(16)19-8(2)11(12,13)14/h8H,3-7H2,1-2H3. The topological polar surface area (TPSA) is 61.8 Å². The van der Waals surface area contributed by atoms with Crippen molar-refractivity contribution >= 4 is 11.9 Å². The van der Waals surface area contributed by atoms with Crippen LogP contribution in [0.15, 0.2) is 0 Å². The first-order valence-corrected chi connectivity index (χ1v) is 5.77. The number of alkyl halides is 3. The molecule has 1 unspecified atom stereocenters. The minimum Gasteiger partial charge on any atom is -0.463 e. The molecule has 0 aromatic rings. The Morgan fingerprint density at radius 2 is 1.68 bits per heavy atom. The predicted octanol–water partition coefficient (Wildman–Crippen LogP) is 1.84. The van der Waals surface area contributed by atoms with E-state index in [1.807, 2.05) is 0 Å². The Bertz CT molecular complexity index is 291. The van der Waals surface area contributed by atoms with E-state index < -0.39 is 30.6 Å². The first kappa shape index (κ1) is 17.7. The molecule has 0 radical (unpaired) electrons. The zero-order valence-corrected chi connectivity index (χ0v) is 10.8. The average Bonchev–Trinajstić information content (AvgIpc) is 2.31. The van der Waals surface area contributed by atoms with Crippen LogP contribution < -0.4 is 0 Å². The van der Waals surface area contributed by atoms with E-state index in [0.717, 1.165) is 6.92 Å². The lowest BCUT2D eigenvalue weighted by Gasteiger charge is -2.16. The molecule has 0 saturated heterocycles. The maximum absolute atomic E-state index is 12.1. The van der Waals surface area contributed by atoms with Crippen LogP contribution in [0.3, 0.4) is 0 Å². The fraction of sp³-hybridized carbons (Fsp3) is 0.818. The Balaban J connectivity index is 3.75. The SMILES string of the molecule is CCOCCOC(=O)CCC(=O)OC(C)C(F)(F)F. The first-order valence-electron chi connectivity index (χ1n) is 5.77. The van der Waals surface area contributed by atoms with Gasteiger partial charge in [-0.2, -0.15) is 13.2 Å². The smallest absolute Gasteiger partial charge is 0.425 e. The highest BCUT2D eigenvalue weighted by atomic mass is 19.4. The predicted molar refractivity (Wildman–Crippen MR) is 58.3 cm³/mol. The van der Waals surface area contributed by atoms with E-state index in [-0.39, 0.29) is 19.6 Å². The summed E-state index contributed by atoms with van der Waals surface area (Å²) in [4.78, 5) is 22.1. The molecule has 0 amide bonds. The molecule has 0 saturated carbocycles. The summed E-state index contributed by atoms with van der Waals surface area (Å²) in [5, 5.41) is 0. The molecule has 0 aromatic heterocycles. The van der Waals surface area contributed by atoms with Gasteiger partial charge in [0, 0.05) is 6.61 Å². The summed E-state index contributed by atoms with van der Waals surface area (Å²) in [5.74, 6) is -1.78. The molecule has 1 atom stereocenters. The van der Waals surface area contributed by atoms with Crippen molar-refractivity contribution in [2.45, 2.75) is 39.0 Å². The number of hydrogen-bond donors (Lipinski definition) is 0. The van der Waals surface area contributed by atoms with Crippen molar-refractivity contribution in [1.29, 1.82) is 0 Å². The molecular formula is C11H17F3O5. The van der Waals surface area contributed by atoms with Crippen LogP contribution in [0.1, 0.15) is 26.7 Å². The van der Waals surface area contributed by atoms with E-state index >= 15 is 0 Å². The van der Waals surface area contributed by atoms with Crippen LogP contribution in [0.25, 0.3) is 0 Å². The number of hydrogen-bond acceptors (Lipinski definition) is 5. The van der Waals surface area contributed by atoms with Gasteiger partial charge in [-0.05, 0) is 13.8 Å². The summed E-state index contributed by atoms with van der Waals surface area (Å²) >= 11 is 0. The summed E-state index contributed by atoms with van der Waals surface area (Å²) in [6.45, 7) is 3.26. The van der Waals surface area contributed by atoms with E-state index in [1.165, 1.54) is 0 Å². The lowest BCUT2D eigenvalue weighted by Crippen LogP contribution is -2.31. The zero-order valence-electron chi connectivity index (χ0n) is 10.8. The van der Waals surface area contributed by atoms with Crippen molar-refractivity contribution in [1.82, 2.24) is 0 Å². The number of halogens is 3. The minimum atomic E-state index is -4.60. The fourth-order valence-corrected chi connectivity index (χ4v) is 0.958. The largest absolute Gasteiger partial charge is 0.463 e. The Hall–Kier alpha value is -1.31. The van der Waals surface area contributed by atoms with E-state index in [0.29, 0.717) is 6.61 Å². The first-order chi connectivity index (χ1) is 8.77. The molecule has 0 aliphatic rings. The molecule has 0 aromatic carbocycles. The van der Waals surface area contributed by atoms with Gasteiger partial charge >= 0.3 is 18.1 Å². The lowest BCUT2D eigenvalue weighted by molar-refractivity contribution is -0.216. The van der Waals surface area contributed by atoms with Crippen molar-refractivity contribution in [3.8, 4) is 0 Å². The van der Waals surface area contributed by atoms with Crippen LogP contribution in [-0.4, -0.2) is 44.0 Å². The van der Waals surface area contributed by atoms with Crippen molar-refractivity contribution < 1.29 is 37.0 Å². The number of rotatable bonds is 8. The normalized spacial score (nSPS) is 12.9. The van der Waals surface area contributed by atoms with Gasteiger partial charge in [0.2, 0.25) is 0 Å². The van der Waals surface area contributed by atoms with Gasteiger partial charge in [-0.25, -0.2) is 0 Å². The molecule has 0 fully saturated rings. The van der Waals surface area contributed by atoms with Gasteiger partial charge in [0.15, 0.2) is 6.10 Å². The van der Waals surface area contributed by atoms with Crippen LogP contribution in [0.2, 0.25) is 0 Å². The molecule has 5 nitrogen and oxygen atoms in total. The van der Waals surface area contributed by atoms with Gasteiger partial charge in [0.25, 0.3) is 0 Å². The molecule has 0 aliphatic heterocycles. The molecule has 19 heavy (non-hydrogen) atoms. The van der Waals surface area contributed by atoms with Crippen LogP contribution >= 0.6 is 0 Å². The van der Waals surface area contributed by atoms with Gasteiger partial charge in [-0.1, -0.05) is 0 Å². The van der Waals surface area contributed by atoms with Crippen LogP contribution in [-0.2, 0) is 23.8 Å². The van der Waals surface area contributed by atoms with Crippen LogP contribution in [0, 0.1) is 0 Å². The summed E-state index contributed by atoms with van der Waals surface area (Å²) < 4.78 is 49.9. The molecule has 8 heteroatoms. The highest BCUT2D eigenvalue weighted by Gasteiger charge is 2.39. The van der Waals surface area contributed by atoms with Crippen molar-refractivity contribution in [2.24, 2.45) is 0 Å². The minimum absolute atomic E-state index is 0.0423. The lowest BCUT2D eigenvalue weighted by atomic mass is 10.3. The van der Waals surface area contributed by atoms with Crippen LogP contribution in [0.5, 0.6) is 0 Å². The van der Waals surface area contributed by atoms with Gasteiger partial charge < -0.3 is 14.2 Å². The number of esters is 2. The number of ether oxygens (including phenoxy) is 3. The Morgan fingerprint density at radius 3 is 2.21 bits per heavy atom. The second-order valence-corrected chi connectivity index (χ2v) is 3.59. The van der Waals surface area contributed by atoms with Crippen molar-refractivity contribution in [2.75, 3.05) is 19.8 Å².